The van der Waals surface area contributed by atoms with E-state index in [9.17, 15) is 18.7 Å². The lowest BCUT2D eigenvalue weighted by Gasteiger charge is -2.25. The van der Waals surface area contributed by atoms with Crippen LogP contribution in [0.3, 0.4) is 0 Å². The number of methoxy groups -OCH3 is 1. The zero-order valence-electron chi connectivity index (χ0n) is 13.8. The molecule has 25 heavy (non-hydrogen) atoms. The predicted octanol–water partition coefficient (Wildman–Crippen LogP) is 2.85. The minimum absolute atomic E-state index is 0.0512. The van der Waals surface area contributed by atoms with E-state index < -0.39 is 17.7 Å². The molecule has 1 amide bonds. The van der Waals surface area contributed by atoms with Crippen molar-refractivity contribution in [3.8, 4) is 5.75 Å². The number of aliphatic hydroxyl groups is 1. The van der Waals surface area contributed by atoms with Gasteiger partial charge in [0.2, 0.25) is 5.91 Å². The highest BCUT2D eigenvalue weighted by atomic mass is 19.2. The Balaban J connectivity index is 1.80. The van der Waals surface area contributed by atoms with Crippen molar-refractivity contribution in [2.75, 3.05) is 13.7 Å². The quantitative estimate of drug-likeness (QED) is 0.925. The third-order valence-electron chi connectivity index (χ3n) is 4.42. The lowest BCUT2D eigenvalue weighted by atomic mass is 10.0. The molecule has 0 bridgehead atoms. The summed E-state index contributed by atoms with van der Waals surface area (Å²) in [5.74, 6) is -1.49. The van der Waals surface area contributed by atoms with Gasteiger partial charge in [-0.1, -0.05) is 18.2 Å². The highest BCUT2D eigenvalue weighted by molar-refractivity contribution is 5.79. The van der Waals surface area contributed by atoms with E-state index in [4.69, 9.17) is 4.74 Å². The van der Waals surface area contributed by atoms with Crippen LogP contribution >= 0.6 is 0 Å². The maximum Gasteiger partial charge on any atom is 0.227 e. The molecule has 132 valence electrons. The van der Waals surface area contributed by atoms with Crippen molar-refractivity contribution in [1.82, 2.24) is 4.90 Å². The minimum Gasteiger partial charge on any atom is -0.497 e. The van der Waals surface area contributed by atoms with Crippen LogP contribution < -0.4 is 4.74 Å². The van der Waals surface area contributed by atoms with Crippen LogP contribution in [-0.2, 0) is 11.2 Å². The van der Waals surface area contributed by atoms with Gasteiger partial charge in [-0.05, 0) is 41.8 Å². The Morgan fingerprint density at radius 2 is 2.04 bits per heavy atom. The normalized spacial score (nSPS) is 19.9. The Hall–Kier alpha value is -2.47. The first kappa shape index (κ1) is 17.4. The largest absolute Gasteiger partial charge is 0.497 e. The van der Waals surface area contributed by atoms with E-state index in [2.05, 4.69) is 0 Å². The number of hydrogen-bond donors (Lipinski definition) is 1. The first-order chi connectivity index (χ1) is 12.0. The van der Waals surface area contributed by atoms with Crippen molar-refractivity contribution in [2.24, 2.45) is 0 Å². The number of aliphatic hydroxyl groups excluding tert-OH is 1. The minimum atomic E-state index is -0.976. The van der Waals surface area contributed by atoms with Crippen LogP contribution in [0.2, 0.25) is 0 Å². The maximum atomic E-state index is 13.3. The van der Waals surface area contributed by atoms with E-state index in [0.29, 0.717) is 17.7 Å². The molecular formula is C19H19F2NO3. The molecule has 0 saturated carbocycles. The first-order valence-electron chi connectivity index (χ1n) is 8.03. The van der Waals surface area contributed by atoms with Crippen LogP contribution in [0.5, 0.6) is 5.75 Å². The third-order valence-corrected chi connectivity index (χ3v) is 4.42. The number of rotatable bonds is 4. The molecule has 1 aliphatic heterocycles. The number of likely N-dealkylation sites (tertiary alicyclic amines) is 1. The van der Waals surface area contributed by atoms with E-state index in [1.807, 2.05) is 24.3 Å². The molecule has 1 N–H and O–H groups in total. The topological polar surface area (TPSA) is 49.8 Å². The number of β-amino-alcohol motifs (C(OH)–C–C–N with tert-alkyl or cyclic N) is 1. The molecule has 0 aliphatic carbocycles. The molecule has 2 aromatic carbocycles. The van der Waals surface area contributed by atoms with Crippen LogP contribution in [-0.4, -0.2) is 35.7 Å². The molecule has 1 aliphatic rings. The van der Waals surface area contributed by atoms with E-state index in [1.54, 1.807) is 12.0 Å². The van der Waals surface area contributed by atoms with Crippen molar-refractivity contribution < 1.29 is 23.4 Å². The Bertz CT molecular complexity index is 781. The van der Waals surface area contributed by atoms with Crippen molar-refractivity contribution in [2.45, 2.75) is 25.0 Å². The molecule has 2 atom stereocenters. The van der Waals surface area contributed by atoms with Gasteiger partial charge in [-0.2, -0.15) is 0 Å². The smallest absolute Gasteiger partial charge is 0.227 e. The van der Waals surface area contributed by atoms with E-state index >= 15 is 0 Å². The number of halogens is 2. The van der Waals surface area contributed by atoms with Crippen molar-refractivity contribution >= 4 is 5.91 Å². The Kier molecular flexibility index (Phi) is 4.99. The van der Waals surface area contributed by atoms with E-state index in [0.717, 1.165) is 17.7 Å². The van der Waals surface area contributed by atoms with Crippen LogP contribution in [0.4, 0.5) is 8.78 Å². The maximum absolute atomic E-state index is 13.3. The zero-order chi connectivity index (χ0) is 18.0. The average molecular weight is 347 g/mol. The number of carbonyl (C=O) groups excluding carboxylic acids is 1. The second kappa shape index (κ2) is 7.19. The summed E-state index contributed by atoms with van der Waals surface area (Å²) in [7, 11) is 1.56. The Morgan fingerprint density at radius 3 is 2.76 bits per heavy atom. The van der Waals surface area contributed by atoms with Gasteiger partial charge >= 0.3 is 0 Å². The highest BCUT2D eigenvalue weighted by Crippen LogP contribution is 2.34. The SMILES string of the molecule is COc1cccc([C@H]2C[C@@H](O)CN2C(=O)Cc2ccc(F)c(F)c2)c1. The van der Waals surface area contributed by atoms with Gasteiger partial charge in [-0.3, -0.25) is 4.79 Å². The van der Waals surface area contributed by atoms with Crippen LogP contribution in [0.1, 0.15) is 23.6 Å². The molecule has 2 aromatic rings. The summed E-state index contributed by atoms with van der Waals surface area (Å²) in [6, 6.07) is 10.5. The lowest BCUT2D eigenvalue weighted by Crippen LogP contribution is -2.33. The fourth-order valence-electron chi connectivity index (χ4n) is 3.18. The Morgan fingerprint density at radius 1 is 1.24 bits per heavy atom. The van der Waals surface area contributed by atoms with Crippen LogP contribution in [0, 0.1) is 11.6 Å². The first-order valence-corrected chi connectivity index (χ1v) is 8.03. The summed E-state index contributed by atoms with van der Waals surface area (Å²) in [4.78, 5) is 14.2. The second-order valence-corrected chi connectivity index (χ2v) is 6.15. The molecule has 1 saturated heterocycles. The third kappa shape index (κ3) is 3.79. The average Bonchev–Trinajstić information content (AvgIpc) is 3.00. The molecule has 4 nitrogen and oxygen atoms in total. The van der Waals surface area contributed by atoms with Crippen LogP contribution in [0.15, 0.2) is 42.5 Å². The standard InChI is InChI=1S/C19H19F2NO3/c1-25-15-4-2-3-13(9-15)18-10-14(23)11-22(18)19(24)8-12-5-6-16(20)17(21)7-12/h2-7,9,14,18,23H,8,10-11H2,1H3/t14-,18-/m1/s1. The fourth-order valence-corrected chi connectivity index (χ4v) is 3.18. The van der Waals surface area contributed by atoms with Gasteiger partial charge in [0.05, 0.1) is 25.7 Å². The number of carbonyl (C=O) groups is 1. The number of nitrogens with zero attached hydrogens (tertiary/aromatic N) is 1. The molecule has 1 fully saturated rings. The number of hydrogen-bond acceptors (Lipinski definition) is 3. The molecule has 3 rings (SSSR count). The number of ether oxygens (including phenoxy) is 1. The summed E-state index contributed by atoms with van der Waals surface area (Å²) in [5.41, 5.74) is 1.27. The molecule has 0 spiro atoms. The van der Waals surface area contributed by atoms with E-state index in [1.165, 1.54) is 6.07 Å². The van der Waals surface area contributed by atoms with Gasteiger partial charge in [0.25, 0.3) is 0 Å². The monoisotopic (exact) mass is 347 g/mol. The van der Waals surface area contributed by atoms with Gasteiger partial charge in [-0.25, -0.2) is 8.78 Å². The summed E-state index contributed by atoms with van der Waals surface area (Å²) in [5, 5.41) is 10.0. The fraction of sp³-hybridized carbons (Fsp3) is 0.316. The molecule has 0 aromatic heterocycles. The van der Waals surface area contributed by atoms with Crippen molar-refractivity contribution in [3.05, 3.63) is 65.2 Å². The van der Waals surface area contributed by atoms with E-state index in [-0.39, 0.29) is 24.9 Å². The van der Waals surface area contributed by atoms with Gasteiger partial charge in [0.15, 0.2) is 11.6 Å². The Labute approximate surface area is 144 Å². The molecule has 0 unspecified atom stereocenters. The summed E-state index contributed by atoms with van der Waals surface area (Å²) >= 11 is 0. The number of amides is 1. The summed E-state index contributed by atoms with van der Waals surface area (Å²) in [6.45, 7) is 0.213. The predicted molar refractivity (Wildman–Crippen MR) is 88.1 cm³/mol. The van der Waals surface area contributed by atoms with Gasteiger partial charge < -0.3 is 14.7 Å². The molecule has 0 radical (unpaired) electrons. The number of benzene rings is 2. The molecule has 6 heteroatoms. The lowest BCUT2D eigenvalue weighted by molar-refractivity contribution is -0.131. The van der Waals surface area contributed by atoms with Crippen molar-refractivity contribution in [1.29, 1.82) is 0 Å². The summed E-state index contributed by atoms with van der Waals surface area (Å²) in [6.07, 6.45) is -0.244. The molecular weight excluding hydrogens is 328 g/mol. The second-order valence-electron chi connectivity index (χ2n) is 6.15. The zero-order valence-corrected chi connectivity index (χ0v) is 13.8. The van der Waals surface area contributed by atoms with Crippen molar-refractivity contribution in [3.63, 3.8) is 0 Å². The van der Waals surface area contributed by atoms with Gasteiger partial charge in [0, 0.05) is 6.54 Å². The summed E-state index contributed by atoms with van der Waals surface area (Å²) < 4.78 is 31.6. The highest BCUT2D eigenvalue weighted by Gasteiger charge is 2.35. The van der Waals surface area contributed by atoms with Gasteiger partial charge in [0.1, 0.15) is 5.75 Å². The van der Waals surface area contributed by atoms with Gasteiger partial charge in [-0.15, -0.1) is 0 Å². The molecule has 1 heterocycles. The van der Waals surface area contributed by atoms with Crippen LogP contribution in [0.25, 0.3) is 0 Å².